The van der Waals surface area contributed by atoms with Gasteiger partial charge < -0.3 is 14.0 Å². The Labute approximate surface area is 215 Å². The van der Waals surface area contributed by atoms with Crippen molar-refractivity contribution in [2.45, 2.75) is 31.7 Å². The minimum atomic E-state index is 0.108. The van der Waals surface area contributed by atoms with Crippen molar-refractivity contribution in [3.63, 3.8) is 0 Å². The van der Waals surface area contributed by atoms with Crippen LogP contribution in [0.15, 0.2) is 97.2 Å². The molecule has 1 aromatic heterocycles. The van der Waals surface area contributed by atoms with E-state index in [1.54, 1.807) is 7.11 Å². The van der Waals surface area contributed by atoms with Crippen LogP contribution in [-0.2, 0) is 6.54 Å². The Balaban J connectivity index is 1.37. The van der Waals surface area contributed by atoms with Gasteiger partial charge in [-0.25, -0.2) is 0 Å². The van der Waals surface area contributed by atoms with Crippen molar-refractivity contribution in [3.05, 3.63) is 120 Å². The van der Waals surface area contributed by atoms with E-state index >= 15 is 0 Å². The van der Waals surface area contributed by atoms with Crippen LogP contribution in [0.5, 0.6) is 11.5 Å². The lowest BCUT2D eigenvalue weighted by atomic mass is 9.88. The fraction of sp³-hybridized carbons (Fsp3) is 0.312. The summed E-state index contributed by atoms with van der Waals surface area (Å²) in [4.78, 5) is 2.51. The average Bonchev–Trinajstić information content (AvgIpc) is 3.38. The van der Waals surface area contributed by atoms with Crippen molar-refractivity contribution >= 4 is 0 Å². The summed E-state index contributed by atoms with van der Waals surface area (Å²) >= 11 is 0. The number of ether oxygens (including phenoxy) is 2. The largest absolute Gasteiger partial charge is 0.497 e. The maximum Gasteiger partial charge on any atom is 0.119 e. The maximum atomic E-state index is 6.11. The lowest BCUT2D eigenvalue weighted by molar-refractivity contribution is 0.183. The Hall–Kier alpha value is -3.50. The first-order chi connectivity index (χ1) is 17.8. The number of hydrogen-bond acceptors (Lipinski definition) is 3. The summed E-state index contributed by atoms with van der Waals surface area (Å²) in [6, 6.07) is 32.1. The van der Waals surface area contributed by atoms with Gasteiger partial charge in [0.1, 0.15) is 18.1 Å². The third-order valence-corrected chi connectivity index (χ3v) is 7.14. The Kier molecular flexibility index (Phi) is 8.04. The molecule has 3 aromatic carbocycles. The summed E-state index contributed by atoms with van der Waals surface area (Å²) in [6.45, 7) is 4.99. The standard InChI is InChI=1S/C32H36N2O2/c1-35-29-16-12-27(13-17-29)32(31-11-8-22-34(31)25-26-9-4-2-5-10-26)28-14-18-30(19-15-28)36-24-23-33-20-6-3-7-21-33/h2,4-5,8-19,22,32H,3,6-7,20-21,23-25H2,1H3. The normalized spacial score (nSPS) is 14.9. The summed E-state index contributed by atoms with van der Waals surface area (Å²) in [7, 11) is 1.71. The van der Waals surface area contributed by atoms with Gasteiger partial charge in [0, 0.05) is 30.9 Å². The average molecular weight is 481 g/mol. The van der Waals surface area contributed by atoms with Crippen molar-refractivity contribution in [2.75, 3.05) is 33.4 Å². The van der Waals surface area contributed by atoms with Gasteiger partial charge in [-0.15, -0.1) is 0 Å². The first kappa shape index (κ1) is 24.2. The highest BCUT2D eigenvalue weighted by Crippen LogP contribution is 2.34. The molecule has 1 aliphatic rings. The summed E-state index contributed by atoms with van der Waals surface area (Å²) in [6.07, 6.45) is 6.17. The van der Waals surface area contributed by atoms with E-state index in [0.717, 1.165) is 31.2 Å². The van der Waals surface area contributed by atoms with Gasteiger partial charge in [-0.05, 0) is 79.0 Å². The number of hydrogen-bond donors (Lipinski definition) is 0. The Morgan fingerprint density at radius 3 is 2.06 bits per heavy atom. The molecule has 1 fully saturated rings. The van der Waals surface area contributed by atoms with Crippen molar-refractivity contribution in [2.24, 2.45) is 0 Å². The quantitative estimate of drug-likeness (QED) is 0.256. The Morgan fingerprint density at radius 1 is 0.722 bits per heavy atom. The molecule has 1 aliphatic heterocycles. The second-order valence-corrected chi connectivity index (χ2v) is 9.57. The van der Waals surface area contributed by atoms with Crippen molar-refractivity contribution in [3.8, 4) is 11.5 Å². The van der Waals surface area contributed by atoms with Crippen molar-refractivity contribution in [1.29, 1.82) is 0 Å². The predicted molar refractivity (Wildman–Crippen MR) is 146 cm³/mol. The zero-order valence-corrected chi connectivity index (χ0v) is 21.2. The summed E-state index contributed by atoms with van der Waals surface area (Å²) in [5.41, 5.74) is 5.04. The molecule has 1 atom stereocenters. The number of nitrogens with zero attached hydrogens (tertiary/aromatic N) is 2. The molecular weight excluding hydrogens is 444 g/mol. The molecule has 4 heteroatoms. The Bertz CT molecular complexity index is 1190. The first-order valence-corrected chi connectivity index (χ1v) is 13.1. The molecule has 0 N–H and O–H groups in total. The highest BCUT2D eigenvalue weighted by molar-refractivity contribution is 5.44. The topological polar surface area (TPSA) is 26.6 Å². The van der Waals surface area contributed by atoms with E-state index in [2.05, 4.69) is 94.5 Å². The molecule has 1 unspecified atom stereocenters. The second kappa shape index (κ2) is 12.0. The molecule has 186 valence electrons. The Morgan fingerprint density at radius 2 is 1.39 bits per heavy atom. The number of rotatable bonds is 10. The van der Waals surface area contributed by atoms with Crippen LogP contribution >= 0.6 is 0 Å². The van der Waals surface area contributed by atoms with E-state index in [1.807, 2.05) is 12.1 Å². The van der Waals surface area contributed by atoms with Gasteiger partial charge in [0.05, 0.1) is 7.11 Å². The van der Waals surface area contributed by atoms with Gasteiger partial charge in [0.15, 0.2) is 0 Å². The van der Waals surface area contributed by atoms with Gasteiger partial charge in [-0.3, -0.25) is 4.90 Å². The zero-order valence-electron chi connectivity index (χ0n) is 21.2. The van der Waals surface area contributed by atoms with E-state index in [9.17, 15) is 0 Å². The van der Waals surface area contributed by atoms with Crippen LogP contribution in [0.25, 0.3) is 0 Å². The number of benzene rings is 3. The third kappa shape index (κ3) is 6.00. The highest BCUT2D eigenvalue weighted by Gasteiger charge is 2.20. The molecule has 5 rings (SSSR count). The van der Waals surface area contributed by atoms with Gasteiger partial charge >= 0.3 is 0 Å². The van der Waals surface area contributed by atoms with Gasteiger partial charge in [0.2, 0.25) is 0 Å². The maximum absolute atomic E-state index is 6.11. The van der Waals surface area contributed by atoms with E-state index < -0.39 is 0 Å². The predicted octanol–water partition coefficient (Wildman–Crippen LogP) is 6.59. The van der Waals surface area contributed by atoms with Crippen LogP contribution in [0.4, 0.5) is 0 Å². The van der Waals surface area contributed by atoms with Crippen LogP contribution in [-0.4, -0.2) is 42.8 Å². The summed E-state index contributed by atoms with van der Waals surface area (Å²) in [5.74, 6) is 1.91. The molecule has 0 amide bonds. The first-order valence-electron chi connectivity index (χ1n) is 13.1. The van der Waals surface area contributed by atoms with Crippen molar-refractivity contribution in [1.82, 2.24) is 9.47 Å². The molecular formula is C32H36N2O2. The minimum absolute atomic E-state index is 0.108. The molecule has 2 heterocycles. The number of aromatic nitrogens is 1. The molecule has 0 bridgehead atoms. The fourth-order valence-electron chi connectivity index (χ4n) is 5.18. The molecule has 4 aromatic rings. The van der Waals surface area contributed by atoms with E-state index in [4.69, 9.17) is 9.47 Å². The number of likely N-dealkylation sites (tertiary alicyclic amines) is 1. The summed E-state index contributed by atoms with van der Waals surface area (Å²) in [5, 5.41) is 0. The number of methoxy groups -OCH3 is 1. The van der Waals surface area contributed by atoms with Crippen molar-refractivity contribution < 1.29 is 9.47 Å². The second-order valence-electron chi connectivity index (χ2n) is 9.57. The fourth-order valence-corrected chi connectivity index (χ4v) is 5.18. The highest BCUT2D eigenvalue weighted by atomic mass is 16.5. The monoisotopic (exact) mass is 480 g/mol. The van der Waals surface area contributed by atoms with E-state index in [1.165, 1.54) is 54.7 Å². The number of piperidine rings is 1. The van der Waals surface area contributed by atoms with Gasteiger partial charge in [0.25, 0.3) is 0 Å². The van der Waals surface area contributed by atoms with E-state index in [-0.39, 0.29) is 5.92 Å². The van der Waals surface area contributed by atoms with Crippen LogP contribution in [0, 0.1) is 0 Å². The molecule has 0 aliphatic carbocycles. The molecule has 4 nitrogen and oxygen atoms in total. The molecule has 0 radical (unpaired) electrons. The zero-order chi connectivity index (χ0) is 24.6. The van der Waals surface area contributed by atoms with Crippen LogP contribution in [0.1, 0.15) is 47.6 Å². The van der Waals surface area contributed by atoms with Crippen LogP contribution in [0.2, 0.25) is 0 Å². The van der Waals surface area contributed by atoms with Crippen LogP contribution in [0.3, 0.4) is 0 Å². The molecule has 1 saturated heterocycles. The van der Waals surface area contributed by atoms with Crippen LogP contribution < -0.4 is 9.47 Å². The molecule has 36 heavy (non-hydrogen) atoms. The lowest BCUT2D eigenvalue weighted by Gasteiger charge is -2.26. The molecule has 0 spiro atoms. The smallest absolute Gasteiger partial charge is 0.119 e. The van der Waals surface area contributed by atoms with Gasteiger partial charge in [-0.1, -0.05) is 61.0 Å². The lowest BCUT2D eigenvalue weighted by Crippen LogP contribution is -2.33. The third-order valence-electron chi connectivity index (χ3n) is 7.14. The minimum Gasteiger partial charge on any atom is -0.497 e. The SMILES string of the molecule is COc1ccc(C(c2ccc(OCCN3CCCCC3)cc2)c2cccn2Cc2ccccc2)cc1. The van der Waals surface area contributed by atoms with E-state index in [0.29, 0.717) is 0 Å². The summed E-state index contributed by atoms with van der Waals surface area (Å²) < 4.78 is 13.9. The van der Waals surface area contributed by atoms with Gasteiger partial charge in [-0.2, -0.15) is 0 Å². The molecule has 0 saturated carbocycles.